The van der Waals surface area contributed by atoms with Crippen LogP contribution in [0.3, 0.4) is 0 Å². The summed E-state index contributed by atoms with van der Waals surface area (Å²) >= 11 is 0. The SMILES string of the molecule is CC(C)c1ccc2c(ccc3ccccc32)c1CP(=O)(O)O. The highest BCUT2D eigenvalue weighted by atomic mass is 31.2. The molecular weight excluding hydrogens is 295 g/mol. The van der Waals surface area contributed by atoms with E-state index in [-0.39, 0.29) is 12.1 Å². The van der Waals surface area contributed by atoms with Crippen molar-refractivity contribution in [2.75, 3.05) is 0 Å². The van der Waals surface area contributed by atoms with E-state index in [1.165, 1.54) is 0 Å². The lowest BCUT2D eigenvalue weighted by molar-refractivity contribution is 0.371. The number of rotatable bonds is 3. The standard InChI is InChI=1S/C18H19O3P/c1-12(2)14-9-10-16-15-6-4-3-5-13(15)7-8-17(16)18(14)11-22(19,20)21/h3-10,12H,11H2,1-2H3,(H2,19,20,21). The van der Waals surface area contributed by atoms with Crippen LogP contribution in [0.1, 0.15) is 30.9 Å². The first-order valence-corrected chi connectivity index (χ1v) is 9.14. The normalized spacial score (nSPS) is 12.4. The van der Waals surface area contributed by atoms with Crippen molar-refractivity contribution >= 4 is 29.1 Å². The molecule has 0 amide bonds. The lowest BCUT2D eigenvalue weighted by atomic mass is 9.91. The molecule has 22 heavy (non-hydrogen) atoms. The van der Waals surface area contributed by atoms with Crippen LogP contribution in [0.25, 0.3) is 21.5 Å². The maximum atomic E-state index is 11.6. The third-order valence-corrected chi connectivity index (χ3v) is 4.79. The molecule has 0 fully saturated rings. The zero-order valence-corrected chi connectivity index (χ0v) is 13.5. The molecule has 0 bridgehead atoms. The van der Waals surface area contributed by atoms with Crippen molar-refractivity contribution in [1.29, 1.82) is 0 Å². The van der Waals surface area contributed by atoms with Gasteiger partial charge in [-0.25, -0.2) is 0 Å². The second kappa shape index (κ2) is 5.51. The van der Waals surface area contributed by atoms with E-state index in [2.05, 4.69) is 6.07 Å². The zero-order chi connectivity index (χ0) is 15.9. The number of benzene rings is 3. The fraction of sp³-hybridized carbons (Fsp3) is 0.222. The molecule has 0 aromatic heterocycles. The molecule has 0 atom stereocenters. The summed E-state index contributed by atoms with van der Waals surface area (Å²) in [5.74, 6) is 0.220. The molecule has 2 N–H and O–H groups in total. The minimum atomic E-state index is -4.12. The molecule has 3 aromatic rings. The fourth-order valence-corrected chi connectivity index (χ4v) is 3.86. The highest BCUT2D eigenvalue weighted by Gasteiger charge is 2.20. The Morgan fingerprint density at radius 1 is 0.909 bits per heavy atom. The van der Waals surface area contributed by atoms with Crippen LogP contribution in [0.15, 0.2) is 48.5 Å². The van der Waals surface area contributed by atoms with E-state index >= 15 is 0 Å². The summed E-state index contributed by atoms with van der Waals surface area (Å²) in [7, 11) is -4.12. The minimum absolute atomic E-state index is 0.212. The van der Waals surface area contributed by atoms with E-state index in [1.54, 1.807) is 0 Å². The Kier molecular flexibility index (Phi) is 3.82. The fourth-order valence-electron chi connectivity index (χ4n) is 3.09. The first-order chi connectivity index (χ1) is 10.4. The summed E-state index contributed by atoms with van der Waals surface area (Å²) < 4.78 is 11.6. The third-order valence-electron chi connectivity index (χ3n) is 4.06. The summed E-state index contributed by atoms with van der Waals surface area (Å²) in [6.07, 6.45) is -0.212. The van der Waals surface area contributed by atoms with Crippen LogP contribution in [-0.4, -0.2) is 9.79 Å². The molecule has 0 unspecified atom stereocenters. The first kappa shape index (κ1) is 15.2. The maximum Gasteiger partial charge on any atom is 0.329 e. The first-order valence-electron chi connectivity index (χ1n) is 7.34. The Morgan fingerprint density at radius 3 is 2.27 bits per heavy atom. The van der Waals surface area contributed by atoms with E-state index in [0.717, 1.165) is 32.7 Å². The molecule has 4 heteroatoms. The minimum Gasteiger partial charge on any atom is -0.324 e. The van der Waals surface area contributed by atoms with Gasteiger partial charge in [-0.05, 0) is 38.6 Å². The topological polar surface area (TPSA) is 57.5 Å². The number of hydrogen-bond acceptors (Lipinski definition) is 1. The van der Waals surface area contributed by atoms with Gasteiger partial charge in [-0.2, -0.15) is 0 Å². The van der Waals surface area contributed by atoms with Crippen molar-refractivity contribution in [1.82, 2.24) is 0 Å². The molecule has 3 nitrogen and oxygen atoms in total. The van der Waals surface area contributed by atoms with Crippen LogP contribution in [0.4, 0.5) is 0 Å². The van der Waals surface area contributed by atoms with Crippen LogP contribution in [-0.2, 0) is 10.7 Å². The van der Waals surface area contributed by atoms with Crippen molar-refractivity contribution in [2.24, 2.45) is 0 Å². The van der Waals surface area contributed by atoms with Crippen LogP contribution < -0.4 is 0 Å². The molecular formula is C18H19O3P. The third kappa shape index (κ3) is 2.80. The summed E-state index contributed by atoms with van der Waals surface area (Å²) in [6, 6.07) is 16.1. The molecule has 0 saturated heterocycles. The van der Waals surface area contributed by atoms with Gasteiger partial charge in [0.05, 0.1) is 6.16 Å². The van der Waals surface area contributed by atoms with Gasteiger partial charge in [0.15, 0.2) is 0 Å². The molecule has 0 aliphatic rings. The van der Waals surface area contributed by atoms with Gasteiger partial charge in [-0.1, -0.05) is 62.4 Å². The Morgan fingerprint density at radius 2 is 1.59 bits per heavy atom. The summed E-state index contributed by atoms with van der Waals surface area (Å²) in [5, 5.41) is 4.23. The van der Waals surface area contributed by atoms with E-state index < -0.39 is 7.60 Å². The zero-order valence-electron chi connectivity index (χ0n) is 12.7. The van der Waals surface area contributed by atoms with Gasteiger partial charge in [-0.3, -0.25) is 4.57 Å². The number of hydrogen-bond donors (Lipinski definition) is 2. The van der Waals surface area contributed by atoms with Gasteiger partial charge in [-0.15, -0.1) is 0 Å². The molecule has 0 heterocycles. The summed E-state index contributed by atoms with van der Waals surface area (Å²) in [5.41, 5.74) is 1.78. The van der Waals surface area contributed by atoms with Crippen molar-refractivity contribution < 1.29 is 14.4 Å². The van der Waals surface area contributed by atoms with Gasteiger partial charge >= 0.3 is 7.60 Å². The summed E-state index contributed by atoms with van der Waals surface area (Å²) in [4.78, 5) is 18.9. The molecule has 0 aliphatic heterocycles. The summed E-state index contributed by atoms with van der Waals surface area (Å²) in [6.45, 7) is 4.09. The predicted octanol–water partition coefficient (Wildman–Crippen LogP) is 4.79. The molecule has 0 saturated carbocycles. The molecule has 0 spiro atoms. The van der Waals surface area contributed by atoms with Gasteiger partial charge in [0.1, 0.15) is 0 Å². The monoisotopic (exact) mass is 314 g/mol. The van der Waals surface area contributed by atoms with Gasteiger partial charge < -0.3 is 9.79 Å². The van der Waals surface area contributed by atoms with Crippen LogP contribution in [0.2, 0.25) is 0 Å². The van der Waals surface area contributed by atoms with Gasteiger partial charge in [0, 0.05) is 0 Å². The molecule has 3 rings (SSSR count). The largest absolute Gasteiger partial charge is 0.329 e. The highest BCUT2D eigenvalue weighted by Crippen LogP contribution is 2.44. The average molecular weight is 314 g/mol. The van der Waals surface area contributed by atoms with E-state index in [9.17, 15) is 14.4 Å². The van der Waals surface area contributed by atoms with Crippen molar-refractivity contribution in [3.05, 3.63) is 59.7 Å². The lowest BCUT2D eigenvalue weighted by Gasteiger charge is -2.17. The second-order valence-electron chi connectivity index (χ2n) is 5.99. The van der Waals surface area contributed by atoms with Gasteiger partial charge in [0.2, 0.25) is 0 Å². The van der Waals surface area contributed by atoms with Gasteiger partial charge in [0.25, 0.3) is 0 Å². The maximum absolute atomic E-state index is 11.6. The second-order valence-corrected chi connectivity index (χ2v) is 7.64. The quantitative estimate of drug-likeness (QED) is 0.539. The number of fused-ring (bicyclic) bond motifs is 3. The van der Waals surface area contributed by atoms with Crippen LogP contribution >= 0.6 is 7.60 Å². The van der Waals surface area contributed by atoms with Crippen LogP contribution in [0.5, 0.6) is 0 Å². The molecule has 0 radical (unpaired) electrons. The van der Waals surface area contributed by atoms with Crippen LogP contribution in [0, 0.1) is 0 Å². The smallest absolute Gasteiger partial charge is 0.324 e. The lowest BCUT2D eigenvalue weighted by Crippen LogP contribution is -1.99. The molecule has 0 aliphatic carbocycles. The van der Waals surface area contributed by atoms with Crippen molar-refractivity contribution in [3.8, 4) is 0 Å². The van der Waals surface area contributed by atoms with Crippen molar-refractivity contribution in [3.63, 3.8) is 0 Å². The Bertz CT molecular complexity index is 893. The van der Waals surface area contributed by atoms with Crippen molar-refractivity contribution in [2.45, 2.75) is 25.9 Å². The molecule has 3 aromatic carbocycles. The predicted molar refractivity (Wildman–Crippen MR) is 91.3 cm³/mol. The Labute approximate surface area is 129 Å². The molecule has 114 valence electrons. The van der Waals surface area contributed by atoms with E-state index in [4.69, 9.17) is 0 Å². The Balaban J connectivity index is 2.39. The Hall–Kier alpha value is -1.67. The van der Waals surface area contributed by atoms with E-state index in [1.807, 2.05) is 56.3 Å². The van der Waals surface area contributed by atoms with E-state index in [0.29, 0.717) is 0 Å². The average Bonchev–Trinajstić information content (AvgIpc) is 2.45. The highest BCUT2D eigenvalue weighted by molar-refractivity contribution is 7.50.